The Morgan fingerprint density at radius 3 is 2.49 bits per heavy atom. The number of hydrazine groups is 1. The standard InChI is InChI=1S/C26H24N4O4S/c31-25(16-20-17-27-23-9-3-2-8-22(20)23)28-29-26(32)19-11-13-21(14-12-19)35(33,34)30-15-5-7-18-6-1-4-10-24(18)30/h1-4,6,8-14,17,27H,5,7,15-16H2,(H,28,31)(H,29,32). The highest BCUT2D eigenvalue weighted by atomic mass is 32.2. The van der Waals surface area contributed by atoms with Crippen LogP contribution in [0.15, 0.2) is 83.9 Å². The fourth-order valence-electron chi connectivity index (χ4n) is 4.35. The summed E-state index contributed by atoms with van der Waals surface area (Å²) in [6.07, 6.45) is 3.45. The molecule has 0 saturated heterocycles. The number of aryl methyl sites for hydroxylation is 1. The van der Waals surface area contributed by atoms with E-state index >= 15 is 0 Å². The lowest BCUT2D eigenvalue weighted by Crippen LogP contribution is -2.42. The maximum atomic E-state index is 13.3. The molecule has 0 aliphatic carbocycles. The minimum Gasteiger partial charge on any atom is -0.361 e. The molecule has 5 rings (SSSR count). The summed E-state index contributed by atoms with van der Waals surface area (Å²) in [5.74, 6) is -0.907. The van der Waals surface area contributed by atoms with Gasteiger partial charge >= 0.3 is 0 Å². The van der Waals surface area contributed by atoms with Gasteiger partial charge in [0.2, 0.25) is 5.91 Å². The van der Waals surface area contributed by atoms with Crippen molar-refractivity contribution < 1.29 is 18.0 Å². The number of benzene rings is 3. The summed E-state index contributed by atoms with van der Waals surface area (Å²) >= 11 is 0. The number of hydrogen-bond donors (Lipinski definition) is 3. The Balaban J connectivity index is 1.23. The number of anilines is 1. The molecule has 0 fully saturated rings. The van der Waals surface area contributed by atoms with Crippen LogP contribution in [-0.4, -0.2) is 31.8 Å². The number of aromatic nitrogens is 1. The molecule has 0 saturated carbocycles. The highest BCUT2D eigenvalue weighted by Crippen LogP contribution is 2.31. The summed E-state index contributed by atoms with van der Waals surface area (Å²) in [5.41, 5.74) is 8.48. The first-order chi connectivity index (χ1) is 16.9. The van der Waals surface area contributed by atoms with Crippen LogP contribution < -0.4 is 15.2 Å². The fourth-order valence-corrected chi connectivity index (χ4v) is 5.89. The van der Waals surface area contributed by atoms with Crippen LogP contribution >= 0.6 is 0 Å². The van der Waals surface area contributed by atoms with Crippen LogP contribution in [0.5, 0.6) is 0 Å². The molecule has 35 heavy (non-hydrogen) atoms. The maximum Gasteiger partial charge on any atom is 0.269 e. The van der Waals surface area contributed by atoms with Crippen LogP contribution in [0, 0.1) is 0 Å². The molecule has 0 bridgehead atoms. The molecule has 8 nitrogen and oxygen atoms in total. The van der Waals surface area contributed by atoms with Crippen molar-refractivity contribution in [2.75, 3.05) is 10.8 Å². The van der Waals surface area contributed by atoms with Gasteiger partial charge in [0.1, 0.15) is 0 Å². The molecule has 9 heteroatoms. The number of carbonyl (C=O) groups is 2. The Hall–Kier alpha value is -4.11. The van der Waals surface area contributed by atoms with Crippen molar-refractivity contribution in [3.05, 3.63) is 95.7 Å². The van der Waals surface area contributed by atoms with E-state index in [1.165, 1.54) is 28.6 Å². The van der Waals surface area contributed by atoms with Gasteiger partial charge in [-0.25, -0.2) is 8.42 Å². The van der Waals surface area contributed by atoms with Gasteiger partial charge in [0, 0.05) is 29.2 Å². The van der Waals surface area contributed by atoms with Gasteiger partial charge in [-0.1, -0.05) is 36.4 Å². The van der Waals surface area contributed by atoms with Gasteiger partial charge in [-0.2, -0.15) is 0 Å². The normalized spacial score (nSPS) is 13.3. The average molecular weight is 489 g/mol. The van der Waals surface area contributed by atoms with Gasteiger partial charge in [0.25, 0.3) is 15.9 Å². The third-order valence-corrected chi connectivity index (χ3v) is 7.94. The molecular weight excluding hydrogens is 464 g/mol. The summed E-state index contributed by atoms with van der Waals surface area (Å²) in [6.45, 7) is 0.407. The van der Waals surface area contributed by atoms with Gasteiger partial charge in [0.05, 0.1) is 17.0 Å². The van der Waals surface area contributed by atoms with Crippen LogP contribution in [0.25, 0.3) is 10.9 Å². The Morgan fingerprint density at radius 1 is 0.914 bits per heavy atom. The molecule has 0 atom stereocenters. The van der Waals surface area contributed by atoms with E-state index in [1.807, 2.05) is 48.5 Å². The number of H-pyrrole nitrogens is 1. The number of hydrogen-bond acceptors (Lipinski definition) is 4. The van der Waals surface area contributed by atoms with E-state index in [9.17, 15) is 18.0 Å². The zero-order valence-corrected chi connectivity index (χ0v) is 19.6. The molecule has 2 amide bonds. The minimum absolute atomic E-state index is 0.0960. The van der Waals surface area contributed by atoms with Crippen molar-refractivity contribution in [3.63, 3.8) is 0 Å². The Labute approximate surface area is 203 Å². The van der Waals surface area contributed by atoms with Crippen molar-refractivity contribution in [1.82, 2.24) is 15.8 Å². The second kappa shape index (κ2) is 9.27. The lowest BCUT2D eigenvalue weighted by molar-refractivity contribution is -0.121. The summed E-state index contributed by atoms with van der Waals surface area (Å²) < 4.78 is 27.9. The minimum atomic E-state index is -3.76. The third-order valence-electron chi connectivity index (χ3n) is 6.11. The lowest BCUT2D eigenvalue weighted by Gasteiger charge is -2.30. The number of sulfonamides is 1. The molecule has 0 radical (unpaired) electrons. The summed E-state index contributed by atoms with van der Waals surface area (Å²) in [6, 6.07) is 20.8. The van der Waals surface area contributed by atoms with Crippen LogP contribution in [-0.2, 0) is 27.7 Å². The number of fused-ring (bicyclic) bond motifs is 2. The number of para-hydroxylation sites is 2. The molecule has 3 aromatic carbocycles. The van der Waals surface area contributed by atoms with Gasteiger partial charge < -0.3 is 4.98 Å². The molecule has 0 unspecified atom stereocenters. The molecule has 1 aromatic heterocycles. The van der Waals surface area contributed by atoms with Crippen molar-refractivity contribution in [3.8, 4) is 0 Å². The van der Waals surface area contributed by atoms with Crippen LogP contribution in [0.3, 0.4) is 0 Å². The summed E-state index contributed by atoms with van der Waals surface area (Å²) in [4.78, 5) is 28.0. The lowest BCUT2D eigenvalue weighted by atomic mass is 10.0. The van der Waals surface area contributed by atoms with Crippen LogP contribution in [0.4, 0.5) is 5.69 Å². The predicted octanol–water partition coefficient (Wildman–Crippen LogP) is 3.31. The van der Waals surface area contributed by atoms with E-state index in [4.69, 9.17) is 0 Å². The summed E-state index contributed by atoms with van der Waals surface area (Å²) in [5, 5.41) is 0.946. The molecular formula is C26H24N4O4S. The number of rotatable bonds is 5. The zero-order chi connectivity index (χ0) is 24.4. The Kier molecular flexibility index (Phi) is 6.00. The smallest absolute Gasteiger partial charge is 0.269 e. The van der Waals surface area contributed by atoms with E-state index < -0.39 is 15.9 Å². The molecule has 4 aromatic rings. The second-order valence-corrected chi connectivity index (χ2v) is 10.2. The van der Waals surface area contributed by atoms with Gasteiger partial charge in [-0.3, -0.25) is 24.7 Å². The Bertz CT molecular complexity index is 1510. The molecule has 0 spiro atoms. The molecule has 178 valence electrons. The number of aromatic amines is 1. The van der Waals surface area contributed by atoms with E-state index in [2.05, 4.69) is 15.8 Å². The third kappa shape index (κ3) is 4.50. The van der Waals surface area contributed by atoms with E-state index in [0.717, 1.165) is 34.9 Å². The van der Waals surface area contributed by atoms with Gasteiger partial charge in [-0.15, -0.1) is 0 Å². The first kappa shape index (κ1) is 22.7. The first-order valence-corrected chi connectivity index (χ1v) is 12.7. The van der Waals surface area contributed by atoms with Gasteiger partial charge in [0.15, 0.2) is 0 Å². The summed E-state index contributed by atoms with van der Waals surface area (Å²) in [7, 11) is -3.76. The van der Waals surface area contributed by atoms with E-state index in [-0.39, 0.29) is 22.8 Å². The number of carbonyl (C=O) groups excluding carboxylic acids is 2. The number of nitrogens with one attached hydrogen (secondary N) is 3. The monoisotopic (exact) mass is 488 g/mol. The maximum absolute atomic E-state index is 13.3. The fraction of sp³-hybridized carbons (Fsp3) is 0.154. The molecule has 3 N–H and O–H groups in total. The molecule has 1 aliphatic rings. The van der Waals surface area contributed by atoms with E-state index in [0.29, 0.717) is 12.2 Å². The van der Waals surface area contributed by atoms with Crippen molar-refractivity contribution in [2.24, 2.45) is 0 Å². The van der Waals surface area contributed by atoms with Crippen LogP contribution in [0.1, 0.15) is 27.9 Å². The highest BCUT2D eigenvalue weighted by Gasteiger charge is 2.29. The molecule has 2 heterocycles. The number of nitrogens with zero attached hydrogens (tertiary/aromatic N) is 1. The first-order valence-electron chi connectivity index (χ1n) is 11.3. The van der Waals surface area contributed by atoms with Gasteiger partial charge in [-0.05, 0) is 60.4 Å². The topological polar surface area (TPSA) is 111 Å². The van der Waals surface area contributed by atoms with Crippen molar-refractivity contribution in [1.29, 1.82) is 0 Å². The molecule has 1 aliphatic heterocycles. The SMILES string of the molecule is O=C(Cc1c[nH]c2ccccc12)NNC(=O)c1ccc(S(=O)(=O)N2CCCc3ccccc32)cc1. The Morgan fingerprint density at radius 2 is 1.66 bits per heavy atom. The van der Waals surface area contributed by atoms with Crippen molar-refractivity contribution >= 4 is 38.4 Å². The predicted molar refractivity (Wildman–Crippen MR) is 133 cm³/mol. The highest BCUT2D eigenvalue weighted by molar-refractivity contribution is 7.92. The largest absolute Gasteiger partial charge is 0.361 e. The second-order valence-electron chi connectivity index (χ2n) is 8.37. The quantitative estimate of drug-likeness (QED) is 0.374. The van der Waals surface area contributed by atoms with Crippen LogP contribution in [0.2, 0.25) is 0 Å². The zero-order valence-electron chi connectivity index (χ0n) is 18.8. The number of amides is 2. The van der Waals surface area contributed by atoms with Crippen molar-refractivity contribution in [2.45, 2.75) is 24.2 Å². The van der Waals surface area contributed by atoms with E-state index in [1.54, 1.807) is 6.20 Å². The average Bonchev–Trinajstić information content (AvgIpc) is 3.29.